The molecule has 0 aliphatic heterocycles. The molecule has 0 unspecified atom stereocenters. The quantitative estimate of drug-likeness (QED) is 0.606. The van der Waals surface area contributed by atoms with Gasteiger partial charge in [-0.3, -0.25) is 4.79 Å². The van der Waals surface area contributed by atoms with E-state index in [0.717, 1.165) is 6.33 Å². The summed E-state index contributed by atoms with van der Waals surface area (Å²) < 4.78 is 36.0. The Hall–Kier alpha value is -1.46. The van der Waals surface area contributed by atoms with E-state index in [0.29, 0.717) is 6.20 Å². The SMILES string of the molecule is O=Cc1ncncc1C(F)(F)F. The maximum Gasteiger partial charge on any atom is 0.420 e. The summed E-state index contributed by atoms with van der Waals surface area (Å²) in [6, 6.07) is 0. The normalized spacial score (nSPS) is 11.2. The molecule has 1 aromatic rings. The van der Waals surface area contributed by atoms with Crippen molar-refractivity contribution in [3.8, 4) is 0 Å². The first-order chi connectivity index (χ1) is 5.55. The third-order valence-electron chi connectivity index (χ3n) is 1.16. The van der Waals surface area contributed by atoms with Crippen LogP contribution in [0.2, 0.25) is 0 Å². The Bertz CT molecular complexity index is 297. The van der Waals surface area contributed by atoms with E-state index < -0.39 is 17.4 Å². The maximum atomic E-state index is 12.0. The number of nitrogens with zero attached hydrogens (tertiary/aromatic N) is 2. The molecule has 0 saturated heterocycles. The lowest BCUT2D eigenvalue weighted by molar-refractivity contribution is -0.138. The van der Waals surface area contributed by atoms with Crippen LogP contribution in [0.15, 0.2) is 12.5 Å². The second kappa shape index (κ2) is 2.88. The molecule has 64 valence electrons. The number of hydrogen-bond donors (Lipinski definition) is 0. The minimum absolute atomic E-state index is 0.0461. The van der Waals surface area contributed by atoms with Crippen LogP contribution in [0.4, 0.5) is 13.2 Å². The Kier molecular flexibility index (Phi) is 2.07. The first kappa shape index (κ1) is 8.63. The molecule has 0 amide bonds. The van der Waals surface area contributed by atoms with E-state index in [9.17, 15) is 18.0 Å². The number of rotatable bonds is 1. The standard InChI is InChI=1S/C6H3F3N2O/c7-6(8,9)4-1-10-3-11-5(4)2-12/h1-3H. The number of carbonyl (C=O) groups excluding carboxylic acids is 1. The van der Waals surface area contributed by atoms with Crippen molar-refractivity contribution in [1.82, 2.24) is 9.97 Å². The summed E-state index contributed by atoms with van der Waals surface area (Å²) in [5.74, 6) is 0. The fourth-order valence-corrected chi connectivity index (χ4v) is 0.651. The zero-order valence-electron chi connectivity index (χ0n) is 5.67. The third-order valence-corrected chi connectivity index (χ3v) is 1.16. The van der Waals surface area contributed by atoms with Crippen LogP contribution < -0.4 is 0 Å². The van der Waals surface area contributed by atoms with Crippen LogP contribution in [0.3, 0.4) is 0 Å². The molecule has 0 saturated carbocycles. The van der Waals surface area contributed by atoms with Gasteiger partial charge in [-0.15, -0.1) is 0 Å². The lowest BCUT2D eigenvalue weighted by Gasteiger charge is -2.05. The van der Waals surface area contributed by atoms with Crippen LogP contribution in [-0.2, 0) is 6.18 Å². The van der Waals surface area contributed by atoms with E-state index >= 15 is 0 Å². The second-order valence-electron chi connectivity index (χ2n) is 1.94. The zero-order valence-corrected chi connectivity index (χ0v) is 5.67. The largest absolute Gasteiger partial charge is 0.420 e. The van der Waals surface area contributed by atoms with Crippen molar-refractivity contribution < 1.29 is 18.0 Å². The van der Waals surface area contributed by atoms with Gasteiger partial charge >= 0.3 is 6.18 Å². The van der Waals surface area contributed by atoms with Gasteiger partial charge in [-0.25, -0.2) is 9.97 Å². The first-order valence-electron chi connectivity index (χ1n) is 2.88. The summed E-state index contributed by atoms with van der Waals surface area (Å²) in [5.41, 5.74) is -1.75. The maximum absolute atomic E-state index is 12.0. The second-order valence-corrected chi connectivity index (χ2v) is 1.94. The highest BCUT2D eigenvalue weighted by atomic mass is 19.4. The Morgan fingerprint density at radius 3 is 2.50 bits per heavy atom. The van der Waals surface area contributed by atoms with E-state index in [4.69, 9.17) is 0 Å². The molecule has 0 aliphatic carbocycles. The van der Waals surface area contributed by atoms with E-state index in [1.54, 1.807) is 0 Å². The van der Waals surface area contributed by atoms with Crippen molar-refractivity contribution >= 4 is 6.29 Å². The highest BCUT2D eigenvalue weighted by molar-refractivity contribution is 5.74. The van der Waals surface area contributed by atoms with Crippen LogP contribution >= 0.6 is 0 Å². The number of aromatic nitrogens is 2. The number of halogens is 3. The number of carbonyl (C=O) groups is 1. The molecule has 0 atom stereocenters. The van der Waals surface area contributed by atoms with Crippen molar-refractivity contribution in [2.75, 3.05) is 0 Å². The average Bonchev–Trinajstić information content (AvgIpc) is 2.03. The average molecular weight is 176 g/mol. The lowest BCUT2D eigenvalue weighted by Crippen LogP contribution is -2.10. The van der Waals surface area contributed by atoms with Gasteiger partial charge in [-0.1, -0.05) is 0 Å². The van der Waals surface area contributed by atoms with Gasteiger partial charge in [0, 0.05) is 6.20 Å². The molecular weight excluding hydrogens is 173 g/mol. The first-order valence-corrected chi connectivity index (χ1v) is 2.88. The summed E-state index contributed by atoms with van der Waals surface area (Å²) in [5, 5.41) is 0. The molecule has 1 rings (SSSR count). The van der Waals surface area contributed by atoms with Gasteiger partial charge in [0.15, 0.2) is 6.29 Å². The highest BCUT2D eigenvalue weighted by Crippen LogP contribution is 2.29. The highest BCUT2D eigenvalue weighted by Gasteiger charge is 2.34. The van der Waals surface area contributed by atoms with Crippen molar-refractivity contribution in [3.63, 3.8) is 0 Å². The summed E-state index contributed by atoms with van der Waals surface area (Å²) in [6.07, 6.45) is -3.07. The minimum atomic E-state index is -4.57. The fourth-order valence-electron chi connectivity index (χ4n) is 0.651. The molecule has 6 heteroatoms. The molecule has 0 N–H and O–H groups in total. The van der Waals surface area contributed by atoms with Crippen LogP contribution in [0.25, 0.3) is 0 Å². The zero-order chi connectivity index (χ0) is 9.19. The molecular formula is C6H3F3N2O. The van der Waals surface area contributed by atoms with Gasteiger partial charge in [0.05, 0.1) is 0 Å². The van der Waals surface area contributed by atoms with Crippen LogP contribution in [-0.4, -0.2) is 16.3 Å². The Labute approximate surface area is 65.3 Å². The van der Waals surface area contributed by atoms with Crippen LogP contribution in [0, 0.1) is 0 Å². The molecule has 0 fully saturated rings. The van der Waals surface area contributed by atoms with Gasteiger partial charge in [0.2, 0.25) is 0 Å². The van der Waals surface area contributed by atoms with E-state index in [-0.39, 0.29) is 6.29 Å². The third kappa shape index (κ3) is 1.58. The Balaban J connectivity index is 3.23. The molecule has 0 radical (unpaired) electrons. The van der Waals surface area contributed by atoms with E-state index in [2.05, 4.69) is 9.97 Å². The molecule has 1 aromatic heterocycles. The number of alkyl halides is 3. The molecule has 1 heterocycles. The smallest absolute Gasteiger partial charge is 0.296 e. The molecule has 12 heavy (non-hydrogen) atoms. The fraction of sp³-hybridized carbons (Fsp3) is 0.167. The van der Waals surface area contributed by atoms with Crippen molar-refractivity contribution in [2.45, 2.75) is 6.18 Å². The molecule has 0 spiro atoms. The van der Waals surface area contributed by atoms with Crippen molar-refractivity contribution in [2.24, 2.45) is 0 Å². The van der Waals surface area contributed by atoms with Gasteiger partial charge in [-0.05, 0) is 0 Å². The number of hydrogen-bond acceptors (Lipinski definition) is 3. The molecule has 0 aliphatic rings. The summed E-state index contributed by atoms with van der Waals surface area (Å²) in [6.45, 7) is 0. The summed E-state index contributed by atoms with van der Waals surface area (Å²) in [4.78, 5) is 16.4. The predicted octanol–water partition coefficient (Wildman–Crippen LogP) is 1.31. The Morgan fingerprint density at radius 1 is 1.42 bits per heavy atom. The summed E-state index contributed by atoms with van der Waals surface area (Å²) >= 11 is 0. The molecule has 0 bridgehead atoms. The van der Waals surface area contributed by atoms with Gasteiger partial charge in [-0.2, -0.15) is 13.2 Å². The van der Waals surface area contributed by atoms with E-state index in [1.165, 1.54) is 0 Å². The van der Waals surface area contributed by atoms with Gasteiger partial charge in [0.1, 0.15) is 17.6 Å². The van der Waals surface area contributed by atoms with Gasteiger partial charge in [0.25, 0.3) is 0 Å². The predicted molar refractivity (Wildman–Crippen MR) is 32.4 cm³/mol. The Morgan fingerprint density at radius 2 is 2.08 bits per heavy atom. The number of aldehydes is 1. The van der Waals surface area contributed by atoms with Crippen molar-refractivity contribution in [3.05, 3.63) is 23.8 Å². The topological polar surface area (TPSA) is 42.9 Å². The lowest BCUT2D eigenvalue weighted by atomic mass is 10.2. The van der Waals surface area contributed by atoms with Crippen LogP contribution in [0.1, 0.15) is 16.1 Å². The van der Waals surface area contributed by atoms with E-state index in [1.807, 2.05) is 0 Å². The van der Waals surface area contributed by atoms with Gasteiger partial charge < -0.3 is 0 Å². The summed E-state index contributed by atoms with van der Waals surface area (Å²) in [7, 11) is 0. The molecule has 3 nitrogen and oxygen atoms in total. The minimum Gasteiger partial charge on any atom is -0.296 e. The van der Waals surface area contributed by atoms with Crippen molar-refractivity contribution in [1.29, 1.82) is 0 Å². The monoisotopic (exact) mass is 176 g/mol. The van der Waals surface area contributed by atoms with Crippen LogP contribution in [0.5, 0.6) is 0 Å². The molecule has 0 aromatic carbocycles.